The number of fused-ring (bicyclic) bond motifs is 2. The highest BCUT2D eigenvalue weighted by atomic mass is 16.6. The molecule has 0 aliphatic carbocycles. The summed E-state index contributed by atoms with van der Waals surface area (Å²) in [5, 5.41) is 0.850. The first-order chi connectivity index (χ1) is 9.85. The summed E-state index contributed by atoms with van der Waals surface area (Å²) in [4.78, 5) is 22.5. The van der Waals surface area contributed by atoms with Crippen molar-refractivity contribution in [2.24, 2.45) is 0 Å². The zero-order chi connectivity index (χ0) is 15.2. The molecule has 1 atom stereocenters. The maximum Gasteiger partial charge on any atom is 0.336 e. The number of hydrogen-bond acceptors (Lipinski definition) is 5. The molecule has 0 saturated heterocycles. The van der Waals surface area contributed by atoms with Gasteiger partial charge in [-0.05, 0) is 31.5 Å². The third-order valence-electron chi connectivity index (χ3n) is 3.66. The second-order valence-corrected chi connectivity index (χ2v) is 5.76. The lowest BCUT2D eigenvalue weighted by Crippen LogP contribution is -2.43. The van der Waals surface area contributed by atoms with E-state index in [0.29, 0.717) is 17.8 Å². The van der Waals surface area contributed by atoms with Gasteiger partial charge in [-0.1, -0.05) is 0 Å². The van der Waals surface area contributed by atoms with Gasteiger partial charge in [0.05, 0.1) is 0 Å². The third-order valence-corrected chi connectivity index (χ3v) is 3.66. The largest absolute Gasteiger partial charge is 0.485 e. The second-order valence-electron chi connectivity index (χ2n) is 5.76. The molecule has 5 heteroatoms. The molecule has 0 amide bonds. The summed E-state index contributed by atoms with van der Waals surface area (Å²) in [7, 11) is 0. The molecule has 0 bridgehead atoms. The van der Waals surface area contributed by atoms with Crippen molar-refractivity contribution in [2.45, 2.75) is 38.9 Å². The normalized spacial score (nSPS) is 17.4. The van der Waals surface area contributed by atoms with Crippen molar-refractivity contribution in [3.8, 4) is 5.75 Å². The van der Waals surface area contributed by atoms with Gasteiger partial charge in [0, 0.05) is 30.9 Å². The minimum atomic E-state index is -0.724. The summed E-state index contributed by atoms with van der Waals surface area (Å²) in [6, 6.07) is 6.78. The van der Waals surface area contributed by atoms with E-state index in [1.807, 2.05) is 19.9 Å². The molecule has 5 nitrogen and oxygen atoms in total. The Kier molecular flexibility index (Phi) is 3.01. The Hall–Kier alpha value is -2.30. The number of esters is 1. The van der Waals surface area contributed by atoms with E-state index in [9.17, 15) is 9.59 Å². The standard InChI is InChI=1S/C16H16O5/c1-9(17)21-16(2,3)14-7-11-6-10-4-5-15(18)20-12(10)8-13(11)19-14/h4-6,8,14H,7H2,1-3H3/t14-/m0/s1. The maximum atomic E-state index is 11.3. The number of carbonyl (C=O) groups excluding carboxylic acids is 1. The van der Waals surface area contributed by atoms with Gasteiger partial charge in [-0.3, -0.25) is 4.79 Å². The smallest absolute Gasteiger partial charge is 0.336 e. The van der Waals surface area contributed by atoms with Crippen molar-refractivity contribution < 1.29 is 18.7 Å². The zero-order valence-corrected chi connectivity index (χ0v) is 12.1. The Morgan fingerprint density at radius 3 is 2.81 bits per heavy atom. The van der Waals surface area contributed by atoms with Crippen LogP contribution in [0, 0.1) is 0 Å². The van der Waals surface area contributed by atoms with E-state index in [-0.39, 0.29) is 12.1 Å². The molecule has 1 aromatic heterocycles. The Labute approximate surface area is 121 Å². The van der Waals surface area contributed by atoms with Gasteiger partial charge in [0.25, 0.3) is 0 Å². The molecular formula is C16H16O5. The van der Waals surface area contributed by atoms with E-state index in [0.717, 1.165) is 10.9 Å². The minimum Gasteiger partial charge on any atom is -0.485 e. The molecule has 2 aromatic rings. The molecule has 3 rings (SSSR count). The van der Waals surface area contributed by atoms with Crippen LogP contribution < -0.4 is 10.4 Å². The van der Waals surface area contributed by atoms with Crippen LogP contribution in [0.5, 0.6) is 5.75 Å². The summed E-state index contributed by atoms with van der Waals surface area (Å²) >= 11 is 0. The van der Waals surface area contributed by atoms with Gasteiger partial charge in [0.1, 0.15) is 23.0 Å². The van der Waals surface area contributed by atoms with E-state index in [4.69, 9.17) is 13.9 Å². The molecule has 2 heterocycles. The third kappa shape index (κ3) is 2.51. The van der Waals surface area contributed by atoms with Crippen molar-refractivity contribution >= 4 is 16.9 Å². The van der Waals surface area contributed by atoms with Crippen LogP contribution in [0.25, 0.3) is 11.0 Å². The van der Waals surface area contributed by atoms with Gasteiger partial charge in [-0.25, -0.2) is 4.79 Å². The van der Waals surface area contributed by atoms with Gasteiger partial charge in [-0.15, -0.1) is 0 Å². The highest BCUT2D eigenvalue weighted by Crippen LogP contribution is 2.37. The lowest BCUT2D eigenvalue weighted by Gasteiger charge is -2.30. The summed E-state index contributed by atoms with van der Waals surface area (Å²) in [6.07, 6.45) is 0.380. The monoisotopic (exact) mass is 288 g/mol. The van der Waals surface area contributed by atoms with E-state index >= 15 is 0 Å². The first-order valence-corrected chi connectivity index (χ1v) is 6.78. The van der Waals surface area contributed by atoms with Gasteiger partial charge in [0.15, 0.2) is 0 Å². The van der Waals surface area contributed by atoms with Crippen LogP contribution in [0.1, 0.15) is 26.3 Å². The van der Waals surface area contributed by atoms with Gasteiger partial charge in [-0.2, -0.15) is 0 Å². The van der Waals surface area contributed by atoms with Crippen LogP contribution in [0.2, 0.25) is 0 Å². The molecule has 0 unspecified atom stereocenters. The molecule has 1 aromatic carbocycles. The highest BCUT2D eigenvalue weighted by molar-refractivity contribution is 5.79. The number of hydrogen-bond donors (Lipinski definition) is 0. The first-order valence-electron chi connectivity index (χ1n) is 6.78. The van der Waals surface area contributed by atoms with Crippen LogP contribution in [0.15, 0.2) is 33.5 Å². The molecule has 0 spiro atoms. The number of carbonyl (C=O) groups is 1. The molecule has 1 aliphatic heterocycles. The fourth-order valence-corrected chi connectivity index (χ4v) is 2.63. The SMILES string of the molecule is CC(=O)OC(C)(C)[C@@H]1Cc2cc3ccc(=O)oc3cc2O1. The molecular weight excluding hydrogens is 272 g/mol. The lowest BCUT2D eigenvalue weighted by atomic mass is 9.96. The maximum absolute atomic E-state index is 11.3. The van der Waals surface area contributed by atoms with Crippen LogP contribution in [-0.2, 0) is 16.0 Å². The first kappa shape index (κ1) is 13.7. The number of benzene rings is 1. The lowest BCUT2D eigenvalue weighted by molar-refractivity contribution is -0.161. The predicted octanol–water partition coefficient (Wildman–Crippen LogP) is 2.44. The zero-order valence-electron chi connectivity index (χ0n) is 12.1. The molecule has 110 valence electrons. The average molecular weight is 288 g/mol. The van der Waals surface area contributed by atoms with Crippen LogP contribution in [-0.4, -0.2) is 17.7 Å². The minimum absolute atomic E-state index is 0.264. The van der Waals surface area contributed by atoms with Crippen LogP contribution in [0.3, 0.4) is 0 Å². The Bertz CT molecular complexity index is 772. The van der Waals surface area contributed by atoms with Crippen molar-refractivity contribution in [1.82, 2.24) is 0 Å². The molecule has 0 N–H and O–H groups in total. The van der Waals surface area contributed by atoms with Crippen LogP contribution in [0.4, 0.5) is 0 Å². The Morgan fingerprint density at radius 2 is 2.10 bits per heavy atom. The summed E-state index contributed by atoms with van der Waals surface area (Å²) in [6.45, 7) is 5.03. The summed E-state index contributed by atoms with van der Waals surface area (Å²) in [5.74, 6) is 0.331. The highest BCUT2D eigenvalue weighted by Gasteiger charge is 2.39. The quantitative estimate of drug-likeness (QED) is 0.627. The van der Waals surface area contributed by atoms with Crippen molar-refractivity contribution in [1.29, 1.82) is 0 Å². The van der Waals surface area contributed by atoms with E-state index in [2.05, 4.69) is 0 Å². The van der Waals surface area contributed by atoms with Crippen LogP contribution >= 0.6 is 0 Å². The van der Waals surface area contributed by atoms with E-state index in [1.54, 1.807) is 12.1 Å². The Balaban J connectivity index is 1.95. The summed E-state index contributed by atoms with van der Waals surface area (Å²) < 4.78 is 16.4. The summed E-state index contributed by atoms with van der Waals surface area (Å²) in [5.41, 5.74) is 0.392. The fraction of sp³-hybridized carbons (Fsp3) is 0.375. The van der Waals surface area contributed by atoms with Gasteiger partial charge in [0.2, 0.25) is 0 Å². The van der Waals surface area contributed by atoms with Gasteiger partial charge < -0.3 is 13.9 Å². The molecule has 0 saturated carbocycles. The number of rotatable bonds is 2. The van der Waals surface area contributed by atoms with Crippen molar-refractivity contribution in [3.63, 3.8) is 0 Å². The van der Waals surface area contributed by atoms with E-state index in [1.165, 1.54) is 13.0 Å². The molecule has 0 radical (unpaired) electrons. The number of ether oxygens (including phenoxy) is 2. The Morgan fingerprint density at radius 1 is 1.33 bits per heavy atom. The molecule has 0 fully saturated rings. The molecule has 21 heavy (non-hydrogen) atoms. The second kappa shape index (κ2) is 4.62. The molecule has 1 aliphatic rings. The topological polar surface area (TPSA) is 65.7 Å². The van der Waals surface area contributed by atoms with Crippen molar-refractivity contribution in [2.75, 3.05) is 0 Å². The predicted molar refractivity (Wildman–Crippen MR) is 76.4 cm³/mol. The average Bonchev–Trinajstić information content (AvgIpc) is 2.78. The van der Waals surface area contributed by atoms with E-state index < -0.39 is 11.2 Å². The van der Waals surface area contributed by atoms with Gasteiger partial charge >= 0.3 is 11.6 Å². The van der Waals surface area contributed by atoms with Crippen molar-refractivity contribution in [3.05, 3.63) is 40.2 Å². The fourth-order valence-electron chi connectivity index (χ4n) is 2.63.